The molecule has 0 saturated carbocycles. The summed E-state index contributed by atoms with van der Waals surface area (Å²) in [6, 6.07) is 5.88. The molecule has 5 heteroatoms. The average molecular weight is 285 g/mol. The molecule has 0 bridgehead atoms. The molecule has 1 amide bonds. The van der Waals surface area contributed by atoms with Gasteiger partial charge in [-0.1, -0.05) is 11.2 Å². The van der Waals surface area contributed by atoms with Crippen LogP contribution in [0.5, 0.6) is 0 Å². The minimum Gasteiger partial charge on any atom is -0.359 e. The molecule has 5 nitrogen and oxygen atoms in total. The first-order chi connectivity index (χ1) is 10.2. The maximum atomic E-state index is 12.5. The van der Waals surface area contributed by atoms with Crippen LogP contribution >= 0.6 is 0 Å². The van der Waals surface area contributed by atoms with Gasteiger partial charge >= 0.3 is 0 Å². The lowest BCUT2D eigenvalue weighted by atomic mass is 10.1. The molecule has 0 aromatic carbocycles. The molecule has 3 rings (SSSR count). The Morgan fingerprint density at radius 1 is 1.52 bits per heavy atom. The third-order valence-electron chi connectivity index (χ3n) is 3.90. The van der Waals surface area contributed by atoms with Gasteiger partial charge in [0.1, 0.15) is 0 Å². The van der Waals surface area contributed by atoms with Crippen molar-refractivity contribution in [3.63, 3.8) is 0 Å². The number of hydrogen-bond donors (Lipinski definition) is 0. The van der Waals surface area contributed by atoms with E-state index in [4.69, 9.17) is 4.52 Å². The van der Waals surface area contributed by atoms with Crippen molar-refractivity contribution in [1.82, 2.24) is 15.0 Å². The number of amides is 1. The Hall–Kier alpha value is -2.17. The minimum absolute atomic E-state index is 0.0487. The van der Waals surface area contributed by atoms with Crippen LogP contribution in [0.15, 0.2) is 35.1 Å². The fourth-order valence-corrected chi connectivity index (χ4v) is 2.84. The zero-order valence-corrected chi connectivity index (χ0v) is 12.2. The standard InChI is InChI=1S/C16H19N3O2/c1-12-10-15(21-18-12)14-5-3-9-19(14)16(20)7-6-13-4-2-8-17-11-13/h2,4,8,10-11,14H,3,5-7,9H2,1H3/t14-/m0/s1. The van der Waals surface area contributed by atoms with E-state index in [1.807, 2.05) is 36.2 Å². The number of carbonyl (C=O) groups is 1. The summed E-state index contributed by atoms with van der Waals surface area (Å²) in [6.07, 6.45) is 6.76. The van der Waals surface area contributed by atoms with E-state index in [1.54, 1.807) is 6.20 Å². The predicted octanol–water partition coefficient (Wildman–Crippen LogP) is 2.67. The summed E-state index contributed by atoms with van der Waals surface area (Å²) < 4.78 is 5.34. The van der Waals surface area contributed by atoms with Crippen molar-refractivity contribution in [3.8, 4) is 0 Å². The van der Waals surface area contributed by atoms with Crippen LogP contribution in [0.4, 0.5) is 0 Å². The first-order valence-electron chi connectivity index (χ1n) is 7.35. The van der Waals surface area contributed by atoms with Crippen LogP contribution in [0.25, 0.3) is 0 Å². The van der Waals surface area contributed by atoms with E-state index in [-0.39, 0.29) is 11.9 Å². The molecule has 0 aliphatic carbocycles. The minimum atomic E-state index is 0.0487. The maximum Gasteiger partial charge on any atom is 0.223 e. The fraction of sp³-hybridized carbons (Fsp3) is 0.438. The van der Waals surface area contributed by atoms with Crippen molar-refractivity contribution in [2.75, 3.05) is 6.54 Å². The summed E-state index contributed by atoms with van der Waals surface area (Å²) in [5.41, 5.74) is 1.96. The molecule has 1 aliphatic rings. The van der Waals surface area contributed by atoms with Crippen molar-refractivity contribution in [2.45, 2.75) is 38.6 Å². The van der Waals surface area contributed by atoms with Gasteiger partial charge in [0.15, 0.2) is 5.76 Å². The summed E-state index contributed by atoms with van der Waals surface area (Å²) in [6.45, 7) is 2.70. The number of nitrogens with zero attached hydrogens (tertiary/aromatic N) is 3. The largest absolute Gasteiger partial charge is 0.359 e. The number of likely N-dealkylation sites (tertiary alicyclic amines) is 1. The number of aryl methyl sites for hydroxylation is 2. The Kier molecular flexibility index (Phi) is 3.99. The highest BCUT2D eigenvalue weighted by Gasteiger charge is 2.32. The van der Waals surface area contributed by atoms with Gasteiger partial charge in [0.05, 0.1) is 11.7 Å². The molecule has 3 heterocycles. The van der Waals surface area contributed by atoms with E-state index in [0.717, 1.165) is 42.8 Å². The van der Waals surface area contributed by atoms with Crippen LogP contribution in [-0.2, 0) is 11.2 Å². The normalized spacial score (nSPS) is 18.1. The van der Waals surface area contributed by atoms with Crippen LogP contribution in [0, 0.1) is 6.92 Å². The van der Waals surface area contributed by atoms with Crippen molar-refractivity contribution in [2.24, 2.45) is 0 Å². The van der Waals surface area contributed by atoms with Crippen molar-refractivity contribution in [3.05, 3.63) is 47.6 Å². The molecule has 1 atom stereocenters. The molecule has 0 spiro atoms. The molecule has 2 aromatic rings. The third-order valence-corrected chi connectivity index (χ3v) is 3.90. The summed E-state index contributed by atoms with van der Waals surface area (Å²) in [7, 11) is 0. The Bertz CT molecular complexity index is 609. The highest BCUT2D eigenvalue weighted by molar-refractivity contribution is 5.77. The molecular formula is C16H19N3O2. The molecule has 1 saturated heterocycles. The van der Waals surface area contributed by atoms with Gasteiger partial charge in [-0.2, -0.15) is 0 Å². The Morgan fingerprint density at radius 3 is 3.14 bits per heavy atom. The Balaban J connectivity index is 1.63. The summed E-state index contributed by atoms with van der Waals surface area (Å²) in [4.78, 5) is 18.5. The molecule has 110 valence electrons. The molecule has 21 heavy (non-hydrogen) atoms. The zero-order chi connectivity index (χ0) is 14.7. The van der Waals surface area contributed by atoms with Crippen LogP contribution < -0.4 is 0 Å². The Morgan fingerprint density at radius 2 is 2.43 bits per heavy atom. The lowest BCUT2D eigenvalue weighted by Crippen LogP contribution is -2.30. The van der Waals surface area contributed by atoms with Crippen LogP contribution in [-0.4, -0.2) is 27.5 Å². The van der Waals surface area contributed by atoms with Crippen LogP contribution in [0.3, 0.4) is 0 Å². The smallest absolute Gasteiger partial charge is 0.223 e. The monoisotopic (exact) mass is 285 g/mol. The first kappa shape index (κ1) is 13.8. The SMILES string of the molecule is Cc1cc([C@@H]2CCCN2C(=O)CCc2cccnc2)on1. The second kappa shape index (κ2) is 6.08. The third kappa shape index (κ3) is 3.12. The first-order valence-corrected chi connectivity index (χ1v) is 7.35. The topological polar surface area (TPSA) is 59.2 Å². The van der Waals surface area contributed by atoms with Gasteiger partial charge in [-0.3, -0.25) is 9.78 Å². The fourth-order valence-electron chi connectivity index (χ4n) is 2.84. The highest BCUT2D eigenvalue weighted by atomic mass is 16.5. The lowest BCUT2D eigenvalue weighted by molar-refractivity contribution is -0.132. The van der Waals surface area contributed by atoms with Crippen molar-refractivity contribution >= 4 is 5.91 Å². The van der Waals surface area contributed by atoms with E-state index < -0.39 is 0 Å². The number of carbonyl (C=O) groups excluding carboxylic acids is 1. The van der Waals surface area contributed by atoms with Crippen molar-refractivity contribution in [1.29, 1.82) is 0 Å². The predicted molar refractivity (Wildman–Crippen MR) is 77.5 cm³/mol. The number of aromatic nitrogens is 2. The number of hydrogen-bond acceptors (Lipinski definition) is 4. The second-order valence-corrected chi connectivity index (χ2v) is 5.48. The van der Waals surface area contributed by atoms with E-state index in [9.17, 15) is 4.79 Å². The Labute approximate surface area is 124 Å². The highest BCUT2D eigenvalue weighted by Crippen LogP contribution is 2.32. The molecule has 0 radical (unpaired) electrons. The van der Waals surface area contributed by atoms with Gasteiger partial charge in [0.25, 0.3) is 0 Å². The van der Waals surface area contributed by atoms with Gasteiger partial charge in [-0.25, -0.2) is 0 Å². The van der Waals surface area contributed by atoms with Gasteiger partial charge in [0, 0.05) is 31.4 Å². The van der Waals surface area contributed by atoms with Gasteiger partial charge < -0.3 is 9.42 Å². The van der Waals surface area contributed by atoms with E-state index in [2.05, 4.69) is 10.1 Å². The lowest BCUT2D eigenvalue weighted by Gasteiger charge is -2.22. The summed E-state index contributed by atoms with van der Waals surface area (Å²) >= 11 is 0. The zero-order valence-electron chi connectivity index (χ0n) is 12.2. The molecule has 0 unspecified atom stereocenters. The molecule has 1 aliphatic heterocycles. The molecule has 0 N–H and O–H groups in total. The van der Waals surface area contributed by atoms with Gasteiger partial charge in [0.2, 0.25) is 5.91 Å². The number of rotatable bonds is 4. The summed E-state index contributed by atoms with van der Waals surface area (Å²) in [5.74, 6) is 0.982. The van der Waals surface area contributed by atoms with E-state index in [0.29, 0.717) is 6.42 Å². The van der Waals surface area contributed by atoms with Gasteiger partial charge in [-0.15, -0.1) is 0 Å². The quantitative estimate of drug-likeness (QED) is 0.866. The van der Waals surface area contributed by atoms with Crippen molar-refractivity contribution < 1.29 is 9.32 Å². The van der Waals surface area contributed by atoms with Crippen LogP contribution in [0.2, 0.25) is 0 Å². The molecule has 1 fully saturated rings. The average Bonchev–Trinajstić information content (AvgIpc) is 3.14. The second-order valence-electron chi connectivity index (χ2n) is 5.48. The van der Waals surface area contributed by atoms with E-state index in [1.165, 1.54) is 0 Å². The molecule has 2 aromatic heterocycles. The van der Waals surface area contributed by atoms with E-state index >= 15 is 0 Å². The number of pyridine rings is 1. The van der Waals surface area contributed by atoms with Crippen LogP contribution in [0.1, 0.15) is 42.3 Å². The summed E-state index contributed by atoms with van der Waals surface area (Å²) in [5, 5.41) is 3.93. The molecular weight excluding hydrogens is 266 g/mol. The maximum absolute atomic E-state index is 12.5. The van der Waals surface area contributed by atoms with Gasteiger partial charge in [-0.05, 0) is 37.8 Å².